The molecule has 0 aliphatic rings. The standard InChI is InChI=1S/C12H26O2S/c1-6-7-8-15(13,14)12(11(4)5)9-10(2)3/h10-12H,6-9H2,1-5H3. The van der Waals surface area contributed by atoms with Gasteiger partial charge in [0.25, 0.3) is 0 Å². The maximum absolute atomic E-state index is 12.1. The first-order chi connectivity index (χ1) is 6.81. The molecule has 0 aromatic rings. The van der Waals surface area contributed by atoms with Crippen molar-refractivity contribution in [2.45, 2.75) is 59.1 Å². The predicted octanol–water partition coefficient (Wildman–Crippen LogP) is 3.27. The van der Waals surface area contributed by atoms with Gasteiger partial charge in [0.05, 0.1) is 11.0 Å². The molecule has 15 heavy (non-hydrogen) atoms. The van der Waals surface area contributed by atoms with Crippen LogP contribution in [0.15, 0.2) is 0 Å². The lowest BCUT2D eigenvalue weighted by Gasteiger charge is -2.22. The Morgan fingerprint density at radius 2 is 1.60 bits per heavy atom. The number of hydrogen-bond donors (Lipinski definition) is 0. The van der Waals surface area contributed by atoms with E-state index in [4.69, 9.17) is 0 Å². The Morgan fingerprint density at radius 1 is 1.07 bits per heavy atom. The van der Waals surface area contributed by atoms with Gasteiger partial charge in [-0.1, -0.05) is 41.0 Å². The molecule has 0 aliphatic carbocycles. The highest BCUT2D eigenvalue weighted by molar-refractivity contribution is 7.92. The van der Waals surface area contributed by atoms with Crippen LogP contribution in [0.3, 0.4) is 0 Å². The smallest absolute Gasteiger partial charge is 0.153 e. The first-order valence-electron chi connectivity index (χ1n) is 6.02. The maximum atomic E-state index is 12.1. The molecule has 3 heteroatoms. The van der Waals surface area contributed by atoms with Crippen molar-refractivity contribution >= 4 is 9.84 Å². The van der Waals surface area contributed by atoms with E-state index < -0.39 is 9.84 Å². The average molecular weight is 234 g/mol. The summed E-state index contributed by atoms with van der Waals surface area (Å²) in [4.78, 5) is 0. The van der Waals surface area contributed by atoms with Crippen molar-refractivity contribution in [3.63, 3.8) is 0 Å². The van der Waals surface area contributed by atoms with E-state index in [-0.39, 0.29) is 11.2 Å². The molecule has 92 valence electrons. The average Bonchev–Trinajstić information content (AvgIpc) is 2.10. The summed E-state index contributed by atoms with van der Waals surface area (Å²) in [5.41, 5.74) is 0. The van der Waals surface area contributed by atoms with Crippen molar-refractivity contribution in [3.8, 4) is 0 Å². The third-order valence-corrected chi connectivity index (χ3v) is 5.21. The summed E-state index contributed by atoms with van der Waals surface area (Å²) in [6, 6.07) is 0. The Labute approximate surface area is 95.4 Å². The molecule has 0 N–H and O–H groups in total. The molecular weight excluding hydrogens is 208 g/mol. The molecular formula is C12H26O2S. The minimum absolute atomic E-state index is 0.149. The Kier molecular flexibility index (Phi) is 6.49. The molecule has 0 rings (SSSR count). The van der Waals surface area contributed by atoms with Gasteiger partial charge < -0.3 is 0 Å². The van der Waals surface area contributed by atoms with Gasteiger partial charge in [-0.05, 0) is 24.7 Å². The van der Waals surface area contributed by atoms with Gasteiger partial charge in [-0.3, -0.25) is 0 Å². The van der Waals surface area contributed by atoms with Crippen LogP contribution in [0.1, 0.15) is 53.9 Å². The second-order valence-corrected chi connectivity index (χ2v) is 7.47. The van der Waals surface area contributed by atoms with Crippen molar-refractivity contribution in [2.75, 3.05) is 5.75 Å². The molecule has 0 spiro atoms. The summed E-state index contributed by atoms with van der Waals surface area (Å²) in [6.45, 7) is 10.2. The van der Waals surface area contributed by atoms with Crippen molar-refractivity contribution in [1.82, 2.24) is 0 Å². The predicted molar refractivity (Wildman–Crippen MR) is 66.8 cm³/mol. The molecule has 0 aliphatic heterocycles. The van der Waals surface area contributed by atoms with E-state index in [2.05, 4.69) is 13.8 Å². The summed E-state index contributed by atoms with van der Waals surface area (Å²) in [5, 5.41) is -0.149. The van der Waals surface area contributed by atoms with Crippen molar-refractivity contribution in [3.05, 3.63) is 0 Å². The topological polar surface area (TPSA) is 34.1 Å². The highest BCUT2D eigenvalue weighted by atomic mass is 32.2. The van der Waals surface area contributed by atoms with Crippen LogP contribution in [-0.4, -0.2) is 19.4 Å². The lowest BCUT2D eigenvalue weighted by atomic mass is 10.0. The fourth-order valence-electron chi connectivity index (χ4n) is 1.79. The molecule has 0 amide bonds. The van der Waals surface area contributed by atoms with Crippen LogP contribution in [0.25, 0.3) is 0 Å². The summed E-state index contributed by atoms with van der Waals surface area (Å²) < 4.78 is 24.1. The fraction of sp³-hybridized carbons (Fsp3) is 1.00. The van der Waals surface area contributed by atoms with Gasteiger partial charge in [-0.25, -0.2) is 8.42 Å². The molecule has 0 saturated heterocycles. The zero-order valence-electron chi connectivity index (χ0n) is 10.8. The zero-order chi connectivity index (χ0) is 12.1. The van der Waals surface area contributed by atoms with Gasteiger partial charge in [0.15, 0.2) is 9.84 Å². The number of sulfone groups is 1. The van der Waals surface area contributed by atoms with Crippen LogP contribution in [-0.2, 0) is 9.84 Å². The van der Waals surface area contributed by atoms with Gasteiger partial charge in [0.2, 0.25) is 0 Å². The Bertz CT molecular complexity index is 253. The van der Waals surface area contributed by atoms with Gasteiger partial charge >= 0.3 is 0 Å². The lowest BCUT2D eigenvalue weighted by molar-refractivity contribution is 0.458. The van der Waals surface area contributed by atoms with Crippen molar-refractivity contribution in [2.24, 2.45) is 11.8 Å². The van der Waals surface area contributed by atoms with Gasteiger partial charge in [0, 0.05) is 0 Å². The highest BCUT2D eigenvalue weighted by Crippen LogP contribution is 2.22. The quantitative estimate of drug-likeness (QED) is 0.677. The Balaban J connectivity index is 4.60. The molecule has 2 nitrogen and oxygen atoms in total. The van der Waals surface area contributed by atoms with E-state index in [0.717, 1.165) is 19.3 Å². The van der Waals surface area contributed by atoms with Gasteiger partial charge in [-0.2, -0.15) is 0 Å². The summed E-state index contributed by atoms with van der Waals surface area (Å²) in [6.07, 6.45) is 2.54. The Morgan fingerprint density at radius 3 is 1.93 bits per heavy atom. The largest absolute Gasteiger partial charge is 0.229 e. The third kappa shape index (κ3) is 5.55. The van der Waals surface area contributed by atoms with Gasteiger partial charge in [-0.15, -0.1) is 0 Å². The fourth-order valence-corrected chi connectivity index (χ4v) is 4.30. The molecule has 1 atom stereocenters. The first kappa shape index (κ1) is 14.9. The summed E-state index contributed by atoms with van der Waals surface area (Å²) in [5.74, 6) is 1.04. The van der Waals surface area contributed by atoms with Crippen LogP contribution < -0.4 is 0 Å². The maximum Gasteiger partial charge on any atom is 0.153 e. The van der Waals surface area contributed by atoms with Crippen LogP contribution >= 0.6 is 0 Å². The minimum atomic E-state index is -2.88. The second-order valence-electron chi connectivity index (χ2n) is 5.13. The minimum Gasteiger partial charge on any atom is -0.229 e. The molecule has 0 aromatic carbocycles. The normalized spacial score (nSPS) is 14.9. The van der Waals surface area contributed by atoms with E-state index in [0.29, 0.717) is 11.7 Å². The summed E-state index contributed by atoms with van der Waals surface area (Å²) >= 11 is 0. The van der Waals surface area contributed by atoms with Gasteiger partial charge in [0.1, 0.15) is 0 Å². The van der Waals surface area contributed by atoms with E-state index in [1.165, 1.54) is 0 Å². The van der Waals surface area contributed by atoms with Crippen LogP contribution in [0.4, 0.5) is 0 Å². The molecule has 0 fully saturated rings. The monoisotopic (exact) mass is 234 g/mol. The van der Waals surface area contributed by atoms with E-state index >= 15 is 0 Å². The lowest BCUT2D eigenvalue weighted by Crippen LogP contribution is -2.30. The van der Waals surface area contributed by atoms with Crippen LogP contribution in [0.2, 0.25) is 0 Å². The first-order valence-corrected chi connectivity index (χ1v) is 7.74. The highest BCUT2D eigenvalue weighted by Gasteiger charge is 2.28. The van der Waals surface area contributed by atoms with Crippen LogP contribution in [0.5, 0.6) is 0 Å². The third-order valence-electron chi connectivity index (χ3n) is 2.69. The SMILES string of the molecule is CCCCS(=O)(=O)C(CC(C)C)C(C)C. The van der Waals surface area contributed by atoms with Crippen molar-refractivity contribution < 1.29 is 8.42 Å². The van der Waals surface area contributed by atoms with E-state index in [1.807, 2.05) is 20.8 Å². The van der Waals surface area contributed by atoms with Crippen molar-refractivity contribution in [1.29, 1.82) is 0 Å². The number of rotatable bonds is 7. The van der Waals surface area contributed by atoms with Crippen LogP contribution in [0, 0.1) is 11.8 Å². The molecule has 1 unspecified atom stereocenters. The Hall–Kier alpha value is -0.0500. The number of unbranched alkanes of at least 4 members (excludes halogenated alkanes) is 1. The molecule has 0 heterocycles. The zero-order valence-corrected chi connectivity index (χ0v) is 11.6. The molecule has 0 bridgehead atoms. The van der Waals surface area contributed by atoms with E-state index in [9.17, 15) is 8.42 Å². The van der Waals surface area contributed by atoms with E-state index in [1.54, 1.807) is 0 Å². The molecule has 0 radical (unpaired) electrons. The summed E-state index contributed by atoms with van der Waals surface area (Å²) in [7, 11) is -2.88. The second kappa shape index (κ2) is 6.51. The molecule has 0 aromatic heterocycles. The molecule has 0 saturated carbocycles. The number of hydrogen-bond acceptors (Lipinski definition) is 2.